The lowest BCUT2D eigenvalue weighted by molar-refractivity contribution is 0.0730. The van der Waals surface area contributed by atoms with Crippen molar-refractivity contribution >= 4 is 21.6 Å². The number of carbonyl (C=O) groups excluding carboxylic acids is 1. The van der Waals surface area contributed by atoms with Gasteiger partial charge in [-0.05, 0) is 30.3 Å². The fraction of sp³-hybridized carbons (Fsp3) is 0.286. The first kappa shape index (κ1) is 22.8. The van der Waals surface area contributed by atoms with E-state index in [2.05, 4.69) is 15.4 Å². The molecular formula is C21H22FN5O5S. The van der Waals surface area contributed by atoms with E-state index in [0.29, 0.717) is 24.6 Å². The molecule has 0 saturated carbocycles. The van der Waals surface area contributed by atoms with Crippen molar-refractivity contribution in [2.24, 2.45) is 0 Å². The molecule has 4 rings (SSSR count). The van der Waals surface area contributed by atoms with Crippen LogP contribution in [0.5, 0.6) is 5.75 Å². The number of nitrogens with one attached hydrogen (secondary N) is 1. The van der Waals surface area contributed by atoms with Crippen molar-refractivity contribution in [2.45, 2.75) is 11.4 Å². The molecule has 1 amide bonds. The van der Waals surface area contributed by atoms with Gasteiger partial charge in [0.15, 0.2) is 0 Å². The van der Waals surface area contributed by atoms with Crippen LogP contribution >= 0.6 is 0 Å². The zero-order valence-corrected chi connectivity index (χ0v) is 18.4. The van der Waals surface area contributed by atoms with Crippen molar-refractivity contribution in [2.75, 3.05) is 38.2 Å². The maximum absolute atomic E-state index is 14.4. The molecular weight excluding hydrogens is 453 g/mol. The normalized spacial score (nSPS) is 14.7. The lowest BCUT2D eigenvalue weighted by Crippen LogP contribution is -2.40. The highest BCUT2D eigenvalue weighted by atomic mass is 32.2. The molecule has 1 saturated heterocycles. The molecule has 0 aliphatic carbocycles. The van der Waals surface area contributed by atoms with Crippen LogP contribution in [0.3, 0.4) is 0 Å². The molecule has 1 fully saturated rings. The minimum Gasteiger partial charge on any atom is -0.492 e. The number of carbonyl (C=O) groups is 1. The molecule has 2 heterocycles. The predicted molar refractivity (Wildman–Crippen MR) is 116 cm³/mol. The van der Waals surface area contributed by atoms with Gasteiger partial charge in [0.1, 0.15) is 30.8 Å². The predicted octanol–water partition coefficient (Wildman–Crippen LogP) is 1.77. The molecule has 3 aromatic rings. The summed E-state index contributed by atoms with van der Waals surface area (Å²) in [5.41, 5.74) is 0.000864. The zero-order chi connectivity index (χ0) is 23.3. The van der Waals surface area contributed by atoms with Crippen LogP contribution in [0.25, 0.3) is 0 Å². The zero-order valence-electron chi connectivity index (χ0n) is 17.6. The first-order valence-electron chi connectivity index (χ1n) is 10.2. The van der Waals surface area contributed by atoms with Gasteiger partial charge < -0.3 is 14.8 Å². The van der Waals surface area contributed by atoms with Gasteiger partial charge in [-0.15, -0.1) is 0 Å². The Balaban J connectivity index is 1.45. The lowest BCUT2D eigenvalue weighted by atomic mass is 10.2. The van der Waals surface area contributed by atoms with E-state index in [4.69, 9.17) is 9.47 Å². The summed E-state index contributed by atoms with van der Waals surface area (Å²) in [6, 6.07) is 9.78. The third-order valence-electron chi connectivity index (χ3n) is 4.94. The second-order valence-electron chi connectivity index (χ2n) is 7.15. The number of aromatic nitrogens is 3. The quantitative estimate of drug-likeness (QED) is 0.528. The van der Waals surface area contributed by atoms with E-state index in [1.807, 2.05) is 0 Å². The van der Waals surface area contributed by atoms with Crippen LogP contribution in [0.4, 0.5) is 10.1 Å². The maximum atomic E-state index is 14.4. The van der Waals surface area contributed by atoms with Gasteiger partial charge in [0.25, 0.3) is 5.91 Å². The number of anilines is 1. The van der Waals surface area contributed by atoms with Crippen molar-refractivity contribution in [1.29, 1.82) is 0 Å². The largest absolute Gasteiger partial charge is 0.492 e. The average Bonchev–Trinajstić information content (AvgIpc) is 3.33. The standard InChI is InChI=1S/C21H22FN5O5S/c22-20-5-4-18(33(29,30)27-7-9-31-10-8-27)13-19(20)21(28)25-16-2-1-3-17(12-16)32-11-6-26-15-23-14-24-26/h1-5,12-15H,6-11H2,(H,25,28). The van der Waals surface area contributed by atoms with Gasteiger partial charge in [0, 0.05) is 24.8 Å². The summed E-state index contributed by atoms with van der Waals surface area (Å²) in [6.45, 7) is 1.79. The van der Waals surface area contributed by atoms with Gasteiger partial charge in [-0.1, -0.05) is 6.07 Å². The van der Waals surface area contributed by atoms with Crippen molar-refractivity contribution in [3.05, 3.63) is 66.5 Å². The van der Waals surface area contributed by atoms with E-state index < -0.39 is 21.7 Å². The van der Waals surface area contributed by atoms with Crippen molar-refractivity contribution in [1.82, 2.24) is 19.1 Å². The highest BCUT2D eigenvalue weighted by Crippen LogP contribution is 2.22. The number of halogens is 1. The lowest BCUT2D eigenvalue weighted by Gasteiger charge is -2.26. The van der Waals surface area contributed by atoms with E-state index in [1.54, 1.807) is 35.3 Å². The summed E-state index contributed by atoms with van der Waals surface area (Å²) < 4.78 is 53.8. The Hall–Kier alpha value is -3.35. The molecule has 1 aliphatic heterocycles. The molecule has 10 nitrogen and oxygen atoms in total. The minimum atomic E-state index is -3.87. The molecule has 174 valence electrons. The number of nitrogens with zero attached hydrogens (tertiary/aromatic N) is 4. The fourth-order valence-electron chi connectivity index (χ4n) is 3.24. The Bertz CT molecular complexity index is 1210. The van der Waals surface area contributed by atoms with Crippen LogP contribution in [0.15, 0.2) is 60.0 Å². The van der Waals surface area contributed by atoms with Gasteiger partial charge in [-0.25, -0.2) is 22.5 Å². The van der Waals surface area contributed by atoms with Gasteiger partial charge in [-0.3, -0.25) is 4.79 Å². The first-order chi connectivity index (χ1) is 15.9. The second-order valence-corrected chi connectivity index (χ2v) is 9.09. The summed E-state index contributed by atoms with van der Waals surface area (Å²) >= 11 is 0. The smallest absolute Gasteiger partial charge is 0.258 e. The van der Waals surface area contributed by atoms with Crippen LogP contribution in [0.2, 0.25) is 0 Å². The van der Waals surface area contributed by atoms with Gasteiger partial charge >= 0.3 is 0 Å². The third-order valence-corrected chi connectivity index (χ3v) is 6.83. The Morgan fingerprint density at radius 3 is 2.76 bits per heavy atom. The van der Waals surface area contributed by atoms with E-state index >= 15 is 0 Å². The van der Waals surface area contributed by atoms with Gasteiger partial charge in [-0.2, -0.15) is 9.40 Å². The van der Waals surface area contributed by atoms with Crippen LogP contribution < -0.4 is 10.1 Å². The number of ether oxygens (including phenoxy) is 2. The molecule has 2 aromatic carbocycles. The van der Waals surface area contributed by atoms with Crippen LogP contribution in [-0.4, -0.2) is 66.3 Å². The third kappa shape index (κ3) is 5.53. The highest BCUT2D eigenvalue weighted by Gasteiger charge is 2.28. The number of sulfonamides is 1. The number of rotatable bonds is 8. The number of amides is 1. The summed E-state index contributed by atoms with van der Waals surface area (Å²) in [5.74, 6) is -1.10. The molecule has 1 aliphatic rings. The van der Waals surface area contributed by atoms with Crippen LogP contribution in [0, 0.1) is 5.82 Å². The molecule has 0 atom stereocenters. The van der Waals surface area contributed by atoms with Crippen molar-refractivity contribution < 1.29 is 27.1 Å². The van der Waals surface area contributed by atoms with Crippen LogP contribution in [-0.2, 0) is 21.3 Å². The molecule has 0 radical (unpaired) electrons. The molecule has 0 bridgehead atoms. The van der Waals surface area contributed by atoms with Crippen molar-refractivity contribution in [3.8, 4) is 5.75 Å². The Labute approximate surface area is 190 Å². The fourth-order valence-corrected chi connectivity index (χ4v) is 4.68. The Morgan fingerprint density at radius 1 is 1.18 bits per heavy atom. The molecule has 1 aromatic heterocycles. The minimum absolute atomic E-state index is 0.152. The topological polar surface area (TPSA) is 116 Å². The maximum Gasteiger partial charge on any atom is 0.258 e. The Kier molecular flexibility index (Phi) is 6.96. The number of hydrogen-bond acceptors (Lipinski definition) is 7. The molecule has 0 spiro atoms. The molecule has 12 heteroatoms. The van der Waals surface area contributed by atoms with Gasteiger partial charge in [0.2, 0.25) is 10.0 Å². The molecule has 1 N–H and O–H groups in total. The number of benzene rings is 2. The molecule has 33 heavy (non-hydrogen) atoms. The SMILES string of the molecule is O=C(Nc1cccc(OCCn2cncn2)c1)c1cc(S(=O)(=O)N2CCOCC2)ccc1F. The average molecular weight is 476 g/mol. The van der Waals surface area contributed by atoms with E-state index in [-0.39, 0.29) is 36.8 Å². The monoisotopic (exact) mass is 475 g/mol. The van der Waals surface area contributed by atoms with E-state index in [9.17, 15) is 17.6 Å². The number of morpholine rings is 1. The molecule has 0 unspecified atom stereocenters. The summed E-state index contributed by atoms with van der Waals surface area (Å²) in [7, 11) is -3.87. The Morgan fingerprint density at radius 2 is 2.00 bits per heavy atom. The second kappa shape index (κ2) is 10.1. The number of hydrogen-bond donors (Lipinski definition) is 1. The summed E-state index contributed by atoms with van der Waals surface area (Å²) in [5, 5.41) is 6.57. The highest BCUT2D eigenvalue weighted by molar-refractivity contribution is 7.89. The van der Waals surface area contributed by atoms with E-state index in [1.165, 1.54) is 10.6 Å². The summed E-state index contributed by atoms with van der Waals surface area (Å²) in [6.07, 6.45) is 3.00. The first-order valence-corrected chi connectivity index (χ1v) is 11.6. The van der Waals surface area contributed by atoms with Crippen molar-refractivity contribution in [3.63, 3.8) is 0 Å². The summed E-state index contributed by atoms with van der Waals surface area (Å²) in [4.78, 5) is 16.4. The van der Waals surface area contributed by atoms with Gasteiger partial charge in [0.05, 0.1) is 30.2 Å². The van der Waals surface area contributed by atoms with E-state index in [0.717, 1.165) is 18.2 Å². The van der Waals surface area contributed by atoms with Crippen LogP contribution in [0.1, 0.15) is 10.4 Å².